The number of aromatic nitrogens is 1. The number of benzene rings is 2. The third-order valence-electron chi connectivity index (χ3n) is 3.93. The van der Waals surface area contributed by atoms with Gasteiger partial charge in [-0.2, -0.15) is 0 Å². The smallest absolute Gasteiger partial charge is 0.267 e. The fourth-order valence-electron chi connectivity index (χ4n) is 2.68. The highest BCUT2D eigenvalue weighted by Crippen LogP contribution is 2.27. The summed E-state index contributed by atoms with van der Waals surface area (Å²) in [4.78, 5) is 17.3. The van der Waals surface area contributed by atoms with Gasteiger partial charge in [0.25, 0.3) is 15.9 Å². The molecule has 1 aromatic heterocycles. The van der Waals surface area contributed by atoms with Crippen molar-refractivity contribution in [2.75, 3.05) is 10.0 Å². The van der Waals surface area contributed by atoms with Gasteiger partial charge in [-0.15, -0.1) is 0 Å². The Morgan fingerprint density at radius 3 is 2.54 bits per heavy atom. The summed E-state index contributed by atoms with van der Waals surface area (Å²) in [5.41, 5.74) is 2.71. The number of sulfonamides is 1. The summed E-state index contributed by atoms with van der Waals surface area (Å²) in [6.45, 7) is 5.31. The van der Waals surface area contributed by atoms with Crippen LogP contribution < -0.4 is 10.0 Å². The van der Waals surface area contributed by atoms with Gasteiger partial charge < -0.3 is 5.32 Å². The van der Waals surface area contributed by atoms with E-state index in [1.807, 2.05) is 19.1 Å². The van der Waals surface area contributed by atoms with E-state index in [2.05, 4.69) is 31.0 Å². The lowest BCUT2D eigenvalue weighted by Crippen LogP contribution is -2.14. The van der Waals surface area contributed by atoms with Crippen LogP contribution in [0.1, 0.15) is 26.5 Å². The molecule has 1 amide bonds. The van der Waals surface area contributed by atoms with Crippen LogP contribution in [0, 0.1) is 20.8 Å². The first-order valence-electron chi connectivity index (χ1n) is 8.30. The van der Waals surface area contributed by atoms with Crippen molar-refractivity contribution in [3.05, 3.63) is 68.6 Å². The molecule has 0 aliphatic heterocycles. The molecule has 0 fully saturated rings. The van der Waals surface area contributed by atoms with E-state index in [1.54, 1.807) is 44.2 Å². The molecule has 0 unspecified atom stereocenters. The third-order valence-corrected chi connectivity index (χ3v) is 7.12. The molecule has 28 heavy (non-hydrogen) atoms. The SMILES string of the molecule is Cc1ccc(S(=O)(=O)Nc2nc(C)c(C(=O)Nc3cccc(Br)c3)s2)c(C)c1. The summed E-state index contributed by atoms with van der Waals surface area (Å²) in [6.07, 6.45) is 0. The van der Waals surface area contributed by atoms with Gasteiger partial charge in [-0.05, 0) is 50.6 Å². The van der Waals surface area contributed by atoms with Gasteiger partial charge in [0.1, 0.15) is 4.88 Å². The zero-order chi connectivity index (χ0) is 20.5. The van der Waals surface area contributed by atoms with Crippen molar-refractivity contribution in [3.63, 3.8) is 0 Å². The molecular formula is C19H18BrN3O3S2. The molecule has 3 rings (SSSR count). The molecule has 0 spiro atoms. The van der Waals surface area contributed by atoms with Gasteiger partial charge in [-0.25, -0.2) is 13.4 Å². The second kappa shape index (κ2) is 8.02. The lowest BCUT2D eigenvalue weighted by atomic mass is 10.2. The van der Waals surface area contributed by atoms with Crippen LogP contribution in [-0.2, 0) is 10.0 Å². The molecule has 0 aliphatic rings. The predicted octanol–water partition coefficient (Wildman–Crippen LogP) is 4.88. The van der Waals surface area contributed by atoms with Crippen LogP contribution in [-0.4, -0.2) is 19.3 Å². The van der Waals surface area contributed by atoms with E-state index in [-0.39, 0.29) is 15.9 Å². The fraction of sp³-hybridized carbons (Fsp3) is 0.158. The first-order valence-corrected chi connectivity index (χ1v) is 11.4. The maximum absolute atomic E-state index is 12.7. The van der Waals surface area contributed by atoms with Crippen molar-refractivity contribution in [3.8, 4) is 0 Å². The number of carbonyl (C=O) groups excluding carboxylic acids is 1. The molecule has 1 heterocycles. The molecule has 3 aromatic rings. The minimum Gasteiger partial charge on any atom is -0.321 e. The standard InChI is InChI=1S/C19H18BrN3O3S2/c1-11-7-8-16(12(2)9-11)28(25,26)23-19-21-13(3)17(27-19)18(24)22-15-6-4-5-14(20)10-15/h4-10H,1-3H3,(H,21,23)(H,22,24). The number of hydrogen-bond donors (Lipinski definition) is 2. The van der Waals surface area contributed by atoms with E-state index in [9.17, 15) is 13.2 Å². The molecule has 0 saturated heterocycles. The lowest BCUT2D eigenvalue weighted by Gasteiger charge is -2.08. The normalized spacial score (nSPS) is 11.3. The third kappa shape index (κ3) is 4.60. The number of hydrogen-bond acceptors (Lipinski definition) is 5. The van der Waals surface area contributed by atoms with Crippen molar-refractivity contribution < 1.29 is 13.2 Å². The van der Waals surface area contributed by atoms with Gasteiger partial charge >= 0.3 is 0 Å². The second-order valence-electron chi connectivity index (χ2n) is 6.27. The molecule has 0 radical (unpaired) electrons. The topological polar surface area (TPSA) is 88.2 Å². The van der Waals surface area contributed by atoms with Crippen molar-refractivity contribution in [2.24, 2.45) is 0 Å². The van der Waals surface area contributed by atoms with E-state index in [0.29, 0.717) is 21.8 Å². The van der Waals surface area contributed by atoms with E-state index in [4.69, 9.17) is 0 Å². The summed E-state index contributed by atoms with van der Waals surface area (Å²) in [5, 5.41) is 2.94. The monoisotopic (exact) mass is 479 g/mol. The van der Waals surface area contributed by atoms with E-state index in [0.717, 1.165) is 21.4 Å². The molecule has 9 heteroatoms. The van der Waals surface area contributed by atoms with E-state index in [1.165, 1.54) is 0 Å². The minimum absolute atomic E-state index is 0.150. The molecule has 0 atom stereocenters. The summed E-state index contributed by atoms with van der Waals surface area (Å²) >= 11 is 4.35. The second-order valence-corrected chi connectivity index (χ2v) is 9.84. The first kappa shape index (κ1) is 20.5. The Morgan fingerprint density at radius 2 is 1.86 bits per heavy atom. The Balaban J connectivity index is 1.82. The van der Waals surface area contributed by atoms with Crippen LogP contribution in [0.15, 0.2) is 51.8 Å². The Kier molecular flexibility index (Phi) is 5.87. The Bertz CT molecular complexity index is 1160. The van der Waals surface area contributed by atoms with Crippen LogP contribution in [0.2, 0.25) is 0 Å². The minimum atomic E-state index is -3.79. The summed E-state index contributed by atoms with van der Waals surface area (Å²) < 4.78 is 28.7. The molecule has 6 nitrogen and oxygen atoms in total. The summed E-state index contributed by atoms with van der Waals surface area (Å²) in [6, 6.07) is 12.3. The number of aryl methyl sites for hydroxylation is 3. The van der Waals surface area contributed by atoms with Gasteiger partial charge in [0.05, 0.1) is 10.6 Å². The van der Waals surface area contributed by atoms with Crippen LogP contribution in [0.3, 0.4) is 0 Å². The zero-order valence-electron chi connectivity index (χ0n) is 15.4. The van der Waals surface area contributed by atoms with Gasteiger partial charge in [-0.3, -0.25) is 9.52 Å². The fourth-order valence-corrected chi connectivity index (χ4v) is 5.40. The van der Waals surface area contributed by atoms with Crippen molar-refractivity contribution in [1.82, 2.24) is 4.98 Å². The first-order chi connectivity index (χ1) is 13.2. The van der Waals surface area contributed by atoms with Crippen molar-refractivity contribution in [1.29, 1.82) is 0 Å². The summed E-state index contributed by atoms with van der Waals surface area (Å²) in [7, 11) is -3.79. The van der Waals surface area contributed by atoms with Gasteiger partial charge in [-0.1, -0.05) is 51.0 Å². The predicted molar refractivity (Wildman–Crippen MR) is 116 cm³/mol. The highest BCUT2D eigenvalue weighted by Gasteiger charge is 2.21. The van der Waals surface area contributed by atoms with Gasteiger partial charge in [0.2, 0.25) is 0 Å². The molecule has 2 N–H and O–H groups in total. The Labute approximate surface area is 176 Å². The number of halogens is 1. The highest BCUT2D eigenvalue weighted by molar-refractivity contribution is 9.10. The molecule has 0 aliphatic carbocycles. The lowest BCUT2D eigenvalue weighted by molar-refractivity contribution is 0.103. The number of amides is 1. The Hall–Kier alpha value is -2.23. The number of rotatable bonds is 5. The number of thiazole rings is 1. The molecule has 146 valence electrons. The molecule has 0 saturated carbocycles. The largest absolute Gasteiger partial charge is 0.321 e. The number of nitrogens with zero attached hydrogens (tertiary/aromatic N) is 1. The maximum Gasteiger partial charge on any atom is 0.267 e. The van der Waals surface area contributed by atoms with Crippen molar-refractivity contribution >= 4 is 54.0 Å². The number of carbonyl (C=O) groups is 1. The van der Waals surface area contributed by atoms with Crippen molar-refractivity contribution in [2.45, 2.75) is 25.7 Å². The van der Waals surface area contributed by atoms with Crippen LogP contribution in [0.25, 0.3) is 0 Å². The van der Waals surface area contributed by atoms with Crippen LogP contribution in [0.5, 0.6) is 0 Å². The highest BCUT2D eigenvalue weighted by atomic mass is 79.9. The van der Waals surface area contributed by atoms with E-state index >= 15 is 0 Å². The van der Waals surface area contributed by atoms with Crippen LogP contribution >= 0.6 is 27.3 Å². The van der Waals surface area contributed by atoms with Gasteiger partial charge in [0, 0.05) is 10.2 Å². The average molecular weight is 480 g/mol. The quantitative estimate of drug-likeness (QED) is 0.545. The maximum atomic E-state index is 12.7. The van der Waals surface area contributed by atoms with Gasteiger partial charge in [0.15, 0.2) is 5.13 Å². The average Bonchev–Trinajstić information content (AvgIpc) is 2.94. The van der Waals surface area contributed by atoms with E-state index < -0.39 is 10.0 Å². The molecule has 0 bridgehead atoms. The number of anilines is 2. The zero-order valence-corrected chi connectivity index (χ0v) is 18.6. The summed E-state index contributed by atoms with van der Waals surface area (Å²) in [5.74, 6) is -0.343. The Morgan fingerprint density at radius 1 is 1.11 bits per heavy atom. The molecular weight excluding hydrogens is 462 g/mol. The molecule has 2 aromatic carbocycles. The van der Waals surface area contributed by atoms with Crippen LogP contribution in [0.4, 0.5) is 10.8 Å². The number of nitrogens with one attached hydrogen (secondary N) is 2.